The van der Waals surface area contributed by atoms with Crippen LogP contribution >= 0.6 is 0 Å². The van der Waals surface area contributed by atoms with Crippen molar-refractivity contribution >= 4 is 5.78 Å². The summed E-state index contributed by atoms with van der Waals surface area (Å²) in [4.78, 5) is 12.0. The third kappa shape index (κ3) is 3.35. The number of benzene rings is 1. The summed E-state index contributed by atoms with van der Waals surface area (Å²) < 4.78 is 5.84. The third-order valence-electron chi connectivity index (χ3n) is 3.87. The molecule has 1 aliphatic rings. The molecule has 0 bridgehead atoms. The van der Waals surface area contributed by atoms with Crippen molar-refractivity contribution in [2.24, 2.45) is 5.41 Å². The highest BCUT2D eigenvalue weighted by Gasteiger charge is 2.38. The van der Waals surface area contributed by atoms with Gasteiger partial charge in [-0.2, -0.15) is 0 Å². The predicted octanol–water partition coefficient (Wildman–Crippen LogP) is 2.88. The predicted molar refractivity (Wildman–Crippen MR) is 78.2 cm³/mol. The van der Waals surface area contributed by atoms with Crippen molar-refractivity contribution in [3.63, 3.8) is 0 Å². The minimum Gasteiger partial charge on any atom is -0.390 e. The summed E-state index contributed by atoms with van der Waals surface area (Å²) in [6.45, 7) is 6.02. The zero-order valence-corrected chi connectivity index (χ0v) is 12.3. The summed E-state index contributed by atoms with van der Waals surface area (Å²) in [6.07, 6.45) is 0.969. The number of carbonyl (C=O) groups excluding carboxylic acids is 1. The first-order chi connectivity index (χ1) is 9.40. The second-order valence-corrected chi connectivity index (χ2v) is 6.14. The molecule has 1 aliphatic carbocycles. The number of Topliss-reactive ketones (excluding diaryl/α,β-unsaturated/α-hetero) is 1. The fourth-order valence-electron chi connectivity index (χ4n) is 2.44. The lowest BCUT2D eigenvalue weighted by Gasteiger charge is -2.32. The minimum atomic E-state index is -0.687. The Hall–Kier alpha value is -1.45. The average molecular weight is 274 g/mol. The maximum Gasteiger partial charge on any atom is 0.158 e. The topological polar surface area (TPSA) is 46.5 Å². The van der Waals surface area contributed by atoms with E-state index in [1.165, 1.54) is 0 Å². The van der Waals surface area contributed by atoms with Gasteiger partial charge in [0.2, 0.25) is 0 Å². The van der Waals surface area contributed by atoms with Crippen molar-refractivity contribution in [3.05, 3.63) is 47.5 Å². The highest BCUT2D eigenvalue weighted by Crippen LogP contribution is 2.33. The number of aliphatic hydroxyl groups is 1. The van der Waals surface area contributed by atoms with Crippen LogP contribution in [0.5, 0.6) is 0 Å². The van der Waals surface area contributed by atoms with Crippen molar-refractivity contribution in [2.45, 2.75) is 46.0 Å². The van der Waals surface area contributed by atoms with E-state index in [4.69, 9.17) is 4.74 Å². The van der Waals surface area contributed by atoms with Gasteiger partial charge in [-0.25, -0.2) is 0 Å². The quantitative estimate of drug-likeness (QED) is 0.922. The van der Waals surface area contributed by atoms with Crippen LogP contribution in [0.25, 0.3) is 0 Å². The largest absolute Gasteiger partial charge is 0.390 e. The van der Waals surface area contributed by atoms with E-state index in [2.05, 4.69) is 0 Å². The molecular formula is C17H22O3. The molecule has 0 spiro atoms. The van der Waals surface area contributed by atoms with Gasteiger partial charge < -0.3 is 9.84 Å². The van der Waals surface area contributed by atoms with Crippen LogP contribution in [0, 0.1) is 5.41 Å². The molecule has 0 heterocycles. The van der Waals surface area contributed by atoms with E-state index < -0.39 is 17.6 Å². The molecule has 3 heteroatoms. The van der Waals surface area contributed by atoms with E-state index >= 15 is 0 Å². The normalized spacial score (nSPS) is 26.0. The van der Waals surface area contributed by atoms with Gasteiger partial charge in [0.1, 0.15) is 6.10 Å². The van der Waals surface area contributed by atoms with Crippen LogP contribution in [0.1, 0.15) is 32.8 Å². The number of rotatable bonds is 3. The van der Waals surface area contributed by atoms with Crippen molar-refractivity contribution in [3.8, 4) is 0 Å². The fourth-order valence-corrected chi connectivity index (χ4v) is 2.44. The zero-order valence-electron chi connectivity index (χ0n) is 12.3. The Balaban J connectivity index is 2.13. The Morgan fingerprint density at radius 3 is 2.60 bits per heavy atom. The Morgan fingerprint density at radius 1 is 1.30 bits per heavy atom. The molecule has 0 radical (unpaired) electrons. The number of hydrogen-bond acceptors (Lipinski definition) is 3. The first kappa shape index (κ1) is 14.9. The first-order valence-electron chi connectivity index (χ1n) is 6.95. The molecule has 108 valence electrons. The van der Waals surface area contributed by atoms with Crippen LogP contribution in [-0.4, -0.2) is 23.1 Å². The van der Waals surface area contributed by atoms with Crippen LogP contribution in [-0.2, 0) is 16.1 Å². The van der Waals surface area contributed by atoms with Gasteiger partial charge in [-0.15, -0.1) is 0 Å². The maximum atomic E-state index is 12.0. The molecule has 2 atom stereocenters. The molecule has 0 fully saturated rings. The second-order valence-electron chi connectivity index (χ2n) is 6.14. The molecule has 2 unspecified atom stereocenters. The van der Waals surface area contributed by atoms with Gasteiger partial charge in [-0.05, 0) is 24.1 Å². The molecule has 1 N–H and O–H groups in total. The SMILES string of the molecule is CC1=CC(OCc2ccccc2)C(O)C(C)(C)CC1=O. The molecule has 2 rings (SSSR count). The molecule has 20 heavy (non-hydrogen) atoms. The lowest BCUT2D eigenvalue weighted by Crippen LogP contribution is -2.39. The lowest BCUT2D eigenvalue weighted by molar-refractivity contribution is -0.120. The van der Waals surface area contributed by atoms with Gasteiger partial charge in [-0.1, -0.05) is 44.2 Å². The van der Waals surface area contributed by atoms with Crippen molar-refractivity contribution in [2.75, 3.05) is 0 Å². The number of aliphatic hydroxyl groups excluding tert-OH is 1. The molecule has 0 saturated carbocycles. The number of hydrogen-bond donors (Lipinski definition) is 1. The summed E-state index contributed by atoms with van der Waals surface area (Å²) >= 11 is 0. The molecule has 1 aromatic carbocycles. The Morgan fingerprint density at radius 2 is 1.95 bits per heavy atom. The Labute approximate surface area is 120 Å². The van der Waals surface area contributed by atoms with Gasteiger partial charge in [0.05, 0.1) is 12.7 Å². The average Bonchev–Trinajstić information content (AvgIpc) is 2.48. The van der Waals surface area contributed by atoms with E-state index in [-0.39, 0.29) is 5.78 Å². The number of allylic oxidation sites excluding steroid dienone is 1. The summed E-state index contributed by atoms with van der Waals surface area (Å²) in [5.41, 5.74) is 1.25. The Kier molecular flexibility index (Phi) is 4.41. The molecule has 1 aromatic rings. The highest BCUT2D eigenvalue weighted by molar-refractivity contribution is 5.95. The summed E-state index contributed by atoms with van der Waals surface area (Å²) in [6, 6.07) is 9.83. The lowest BCUT2D eigenvalue weighted by atomic mass is 9.80. The number of carbonyl (C=O) groups is 1. The van der Waals surface area contributed by atoms with Crippen molar-refractivity contribution in [1.29, 1.82) is 0 Å². The summed E-state index contributed by atoms with van der Waals surface area (Å²) in [7, 11) is 0. The third-order valence-corrected chi connectivity index (χ3v) is 3.87. The van der Waals surface area contributed by atoms with Gasteiger partial charge >= 0.3 is 0 Å². The standard InChI is InChI=1S/C17H22O3/c1-12-9-15(16(19)17(2,3)10-14(12)18)20-11-13-7-5-4-6-8-13/h4-9,15-16,19H,10-11H2,1-3H3. The molecule has 0 saturated heterocycles. The number of ether oxygens (including phenoxy) is 1. The monoisotopic (exact) mass is 274 g/mol. The molecule has 0 aromatic heterocycles. The van der Waals surface area contributed by atoms with Crippen molar-refractivity contribution < 1.29 is 14.6 Å². The van der Waals surface area contributed by atoms with E-state index in [9.17, 15) is 9.90 Å². The van der Waals surface area contributed by atoms with Gasteiger partial charge in [0.25, 0.3) is 0 Å². The highest BCUT2D eigenvalue weighted by atomic mass is 16.5. The maximum absolute atomic E-state index is 12.0. The zero-order chi connectivity index (χ0) is 14.8. The number of ketones is 1. The smallest absolute Gasteiger partial charge is 0.158 e. The van der Waals surface area contributed by atoms with Gasteiger partial charge in [0, 0.05) is 11.8 Å². The van der Waals surface area contributed by atoms with Crippen LogP contribution in [0.15, 0.2) is 42.0 Å². The van der Waals surface area contributed by atoms with Crippen molar-refractivity contribution in [1.82, 2.24) is 0 Å². The van der Waals surface area contributed by atoms with Gasteiger partial charge in [0.15, 0.2) is 5.78 Å². The molecule has 0 aliphatic heterocycles. The van der Waals surface area contributed by atoms with E-state index in [0.29, 0.717) is 18.6 Å². The van der Waals surface area contributed by atoms with Crippen LogP contribution in [0.4, 0.5) is 0 Å². The van der Waals surface area contributed by atoms with E-state index in [1.54, 1.807) is 13.0 Å². The van der Waals surface area contributed by atoms with Crippen LogP contribution < -0.4 is 0 Å². The summed E-state index contributed by atoms with van der Waals surface area (Å²) in [5, 5.41) is 10.5. The van der Waals surface area contributed by atoms with Gasteiger partial charge in [-0.3, -0.25) is 4.79 Å². The van der Waals surface area contributed by atoms with Crippen LogP contribution in [0.2, 0.25) is 0 Å². The fraction of sp³-hybridized carbons (Fsp3) is 0.471. The van der Waals surface area contributed by atoms with E-state index in [1.807, 2.05) is 44.2 Å². The summed E-state index contributed by atoms with van der Waals surface area (Å²) in [5.74, 6) is 0.0832. The molecular weight excluding hydrogens is 252 g/mol. The van der Waals surface area contributed by atoms with E-state index in [0.717, 1.165) is 5.56 Å². The Bertz CT molecular complexity index is 502. The second kappa shape index (κ2) is 5.90. The molecule has 0 amide bonds. The minimum absolute atomic E-state index is 0.0832. The molecule has 3 nitrogen and oxygen atoms in total. The van der Waals surface area contributed by atoms with Crippen LogP contribution in [0.3, 0.4) is 0 Å². The first-order valence-corrected chi connectivity index (χ1v) is 6.95.